The molecular formula is C13H16Cl2N2O. The van der Waals surface area contributed by atoms with Gasteiger partial charge in [-0.1, -0.05) is 29.3 Å². The highest BCUT2D eigenvalue weighted by Gasteiger charge is 2.28. The second-order valence-electron chi connectivity index (χ2n) is 4.33. The van der Waals surface area contributed by atoms with Gasteiger partial charge >= 0.3 is 0 Å². The van der Waals surface area contributed by atoms with Crippen LogP contribution in [0.15, 0.2) is 18.2 Å². The molecule has 18 heavy (non-hydrogen) atoms. The van der Waals surface area contributed by atoms with E-state index in [2.05, 4.69) is 5.32 Å². The van der Waals surface area contributed by atoms with E-state index in [0.29, 0.717) is 22.2 Å². The lowest BCUT2D eigenvalue weighted by Crippen LogP contribution is -2.41. The fourth-order valence-electron chi connectivity index (χ4n) is 2.32. The zero-order valence-corrected chi connectivity index (χ0v) is 11.8. The molecule has 0 spiro atoms. The maximum atomic E-state index is 12.5. The molecule has 1 amide bonds. The third-order valence-electron chi connectivity index (χ3n) is 3.25. The molecule has 1 heterocycles. The number of carbonyl (C=O) groups is 1. The number of halogens is 2. The van der Waals surface area contributed by atoms with E-state index in [-0.39, 0.29) is 11.9 Å². The molecule has 0 saturated carbocycles. The summed E-state index contributed by atoms with van der Waals surface area (Å²) in [5.41, 5.74) is 0.412. The second-order valence-corrected chi connectivity index (χ2v) is 5.15. The molecule has 1 N–H and O–H groups in total. The third kappa shape index (κ3) is 2.63. The van der Waals surface area contributed by atoms with Crippen molar-refractivity contribution in [2.24, 2.45) is 0 Å². The summed E-state index contributed by atoms with van der Waals surface area (Å²) in [6, 6.07) is 5.37. The molecule has 3 nitrogen and oxygen atoms in total. The first-order valence-electron chi connectivity index (χ1n) is 6.10. The third-order valence-corrected chi connectivity index (χ3v) is 3.88. The molecule has 0 aliphatic carbocycles. The van der Waals surface area contributed by atoms with Gasteiger partial charge < -0.3 is 10.2 Å². The van der Waals surface area contributed by atoms with Gasteiger partial charge in [0.2, 0.25) is 0 Å². The summed E-state index contributed by atoms with van der Waals surface area (Å²) in [7, 11) is 0. The zero-order chi connectivity index (χ0) is 13.1. The Hall–Kier alpha value is -0.770. The number of rotatable bonds is 3. The molecule has 1 aromatic carbocycles. The van der Waals surface area contributed by atoms with Gasteiger partial charge in [-0.05, 0) is 32.0 Å². The molecule has 98 valence electrons. The van der Waals surface area contributed by atoms with E-state index in [0.717, 1.165) is 19.5 Å². The normalized spacial score (nSPS) is 18.9. The van der Waals surface area contributed by atoms with Crippen LogP contribution in [0, 0.1) is 0 Å². The lowest BCUT2D eigenvalue weighted by molar-refractivity contribution is 0.0704. The van der Waals surface area contributed by atoms with E-state index in [9.17, 15) is 4.79 Å². The molecule has 1 aliphatic heterocycles. The van der Waals surface area contributed by atoms with Crippen LogP contribution in [0.2, 0.25) is 10.0 Å². The van der Waals surface area contributed by atoms with Crippen molar-refractivity contribution >= 4 is 29.1 Å². The van der Waals surface area contributed by atoms with Gasteiger partial charge in [-0.2, -0.15) is 0 Å². The first-order valence-corrected chi connectivity index (χ1v) is 6.86. The summed E-state index contributed by atoms with van der Waals surface area (Å²) in [6.45, 7) is 4.42. The minimum Gasteiger partial charge on any atom is -0.335 e. The first-order chi connectivity index (χ1) is 8.65. The number of hydrogen-bond donors (Lipinski definition) is 1. The van der Waals surface area contributed by atoms with Crippen molar-refractivity contribution in [1.29, 1.82) is 0 Å². The van der Waals surface area contributed by atoms with Crippen LogP contribution in [0.4, 0.5) is 0 Å². The summed E-state index contributed by atoms with van der Waals surface area (Å²) in [4.78, 5) is 14.4. The molecule has 1 saturated heterocycles. The average molecular weight is 287 g/mol. The molecule has 1 aromatic rings. The van der Waals surface area contributed by atoms with Crippen LogP contribution < -0.4 is 5.32 Å². The monoisotopic (exact) mass is 286 g/mol. The number of carbonyl (C=O) groups excluding carboxylic acids is 1. The molecule has 1 aliphatic rings. The molecule has 2 rings (SSSR count). The van der Waals surface area contributed by atoms with Crippen molar-refractivity contribution in [1.82, 2.24) is 10.2 Å². The van der Waals surface area contributed by atoms with Crippen LogP contribution in [0.5, 0.6) is 0 Å². The van der Waals surface area contributed by atoms with Crippen molar-refractivity contribution in [2.45, 2.75) is 19.4 Å². The predicted molar refractivity (Wildman–Crippen MR) is 74.4 cm³/mol. The Morgan fingerprint density at radius 3 is 2.61 bits per heavy atom. The van der Waals surface area contributed by atoms with Crippen LogP contribution in [0.25, 0.3) is 0 Å². The van der Waals surface area contributed by atoms with E-state index < -0.39 is 0 Å². The summed E-state index contributed by atoms with van der Waals surface area (Å²) in [6.07, 6.45) is 0.974. The zero-order valence-electron chi connectivity index (χ0n) is 10.2. The standard InChI is InChI=1S/C13H16Cl2N2O/c1-2-17(9-6-7-16-8-9)13(18)12-10(14)4-3-5-11(12)15/h3-5,9,16H,2,6-8H2,1H3. The smallest absolute Gasteiger partial charge is 0.257 e. The highest BCUT2D eigenvalue weighted by atomic mass is 35.5. The lowest BCUT2D eigenvalue weighted by atomic mass is 10.1. The van der Waals surface area contributed by atoms with Gasteiger partial charge in [0.05, 0.1) is 15.6 Å². The van der Waals surface area contributed by atoms with E-state index in [1.165, 1.54) is 0 Å². The van der Waals surface area contributed by atoms with Crippen LogP contribution in [0.1, 0.15) is 23.7 Å². The topological polar surface area (TPSA) is 32.3 Å². The highest BCUT2D eigenvalue weighted by molar-refractivity contribution is 6.39. The predicted octanol–water partition coefficient (Wildman–Crippen LogP) is 2.82. The Labute approximate surface area is 117 Å². The van der Waals surface area contributed by atoms with Crippen molar-refractivity contribution in [3.63, 3.8) is 0 Å². The van der Waals surface area contributed by atoms with E-state index >= 15 is 0 Å². The van der Waals surface area contributed by atoms with Crippen molar-refractivity contribution < 1.29 is 4.79 Å². The SMILES string of the molecule is CCN(C(=O)c1c(Cl)cccc1Cl)C1CCNC1. The van der Waals surface area contributed by atoms with E-state index in [4.69, 9.17) is 23.2 Å². The number of benzene rings is 1. The fourth-order valence-corrected chi connectivity index (χ4v) is 2.88. The molecule has 1 unspecified atom stereocenters. The first kappa shape index (κ1) is 13.7. The minimum absolute atomic E-state index is 0.0817. The van der Waals surface area contributed by atoms with E-state index in [1.54, 1.807) is 18.2 Å². The summed E-state index contributed by atoms with van der Waals surface area (Å²) in [5.74, 6) is -0.0817. The van der Waals surface area contributed by atoms with Crippen LogP contribution >= 0.6 is 23.2 Å². The molecule has 5 heteroatoms. The summed E-state index contributed by atoms with van der Waals surface area (Å²) < 4.78 is 0. The van der Waals surface area contributed by atoms with Crippen molar-refractivity contribution in [3.8, 4) is 0 Å². The number of amides is 1. The maximum absolute atomic E-state index is 12.5. The molecule has 0 aromatic heterocycles. The van der Waals surface area contributed by atoms with Gasteiger partial charge in [0.1, 0.15) is 0 Å². The van der Waals surface area contributed by atoms with Gasteiger partial charge in [0.15, 0.2) is 0 Å². The Kier molecular flexibility index (Phi) is 4.49. The van der Waals surface area contributed by atoms with Crippen LogP contribution in [-0.4, -0.2) is 36.5 Å². The number of hydrogen-bond acceptors (Lipinski definition) is 2. The number of nitrogens with zero attached hydrogens (tertiary/aromatic N) is 1. The Balaban J connectivity index is 2.28. The second kappa shape index (κ2) is 5.91. The molecular weight excluding hydrogens is 271 g/mol. The molecule has 0 radical (unpaired) electrons. The van der Waals surface area contributed by atoms with Crippen LogP contribution in [0.3, 0.4) is 0 Å². The highest BCUT2D eigenvalue weighted by Crippen LogP contribution is 2.26. The average Bonchev–Trinajstić information content (AvgIpc) is 2.83. The Morgan fingerprint density at radius 2 is 2.11 bits per heavy atom. The minimum atomic E-state index is -0.0817. The van der Waals surface area contributed by atoms with Gasteiger partial charge in [0.25, 0.3) is 5.91 Å². The molecule has 0 bridgehead atoms. The van der Waals surface area contributed by atoms with Crippen molar-refractivity contribution in [2.75, 3.05) is 19.6 Å². The largest absolute Gasteiger partial charge is 0.335 e. The maximum Gasteiger partial charge on any atom is 0.257 e. The number of likely N-dealkylation sites (N-methyl/N-ethyl adjacent to an activating group) is 1. The van der Waals surface area contributed by atoms with Crippen LogP contribution in [-0.2, 0) is 0 Å². The Morgan fingerprint density at radius 1 is 1.44 bits per heavy atom. The summed E-state index contributed by atoms with van der Waals surface area (Å²) in [5, 5.41) is 4.09. The van der Waals surface area contributed by atoms with Gasteiger partial charge in [-0.3, -0.25) is 4.79 Å². The van der Waals surface area contributed by atoms with E-state index in [1.807, 2.05) is 11.8 Å². The summed E-state index contributed by atoms with van der Waals surface area (Å²) >= 11 is 12.2. The van der Waals surface area contributed by atoms with Gasteiger partial charge in [-0.25, -0.2) is 0 Å². The van der Waals surface area contributed by atoms with Gasteiger partial charge in [-0.15, -0.1) is 0 Å². The lowest BCUT2D eigenvalue weighted by Gasteiger charge is -2.27. The number of nitrogens with one attached hydrogen (secondary N) is 1. The molecule has 1 atom stereocenters. The van der Waals surface area contributed by atoms with Crippen molar-refractivity contribution in [3.05, 3.63) is 33.8 Å². The fraction of sp³-hybridized carbons (Fsp3) is 0.462. The molecule has 1 fully saturated rings. The quantitative estimate of drug-likeness (QED) is 0.927. The van der Waals surface area contributed by atoms with Gasteiger partial charge in [0, 0.05) is 19.1 Å². The Bertz CT molecular complexity index is 424.